The van der Waals surface area contributed by atoms with E-state index in [2.05, 4.69) is 0 Å². The number of ether oxygens (including phenoxy) is 2. The molecular formula is C34H41NO8S2. The molecule has 9 nitrogen and oxygen atoms in total. The van der Waals surface area contributed by atoms with E-state index in [4.69, 9.17) is 14.5 Å². The van der Waals surface area contributed by atoms with E-state index in [1.54, 1.807) is 12.1 Å². The van der Waals surface area contributed by atoms with Gasteiger partial charge in [0.1, 0.15) is 21.3 Å². The van der Waals surface area contributed by atoms with Gasteiger partial charge in [0.15, 0.2) is 16.8 Å². The van der Waals surface area contributed by atoms with Crippen LogP contribution in [0.2, 0.25) is 0 Å². The molecule has 2 aliphatic carbocycles. The van der Waals surface area contributed by atoms with Gasteiger partial charge in [-0.2, -0.15) is 0 Å². The lowest BCUT2D eigenvalue weighted by atomic mass is 9.80. The molecule has 1 heterocycles. The topological polar surface area (TPSA) is 136 Å². The molecule has 0 aromatic heterocycles. The van der Waals surface area contributed by atoms with Gasteiger partial charge in [-0.05, 0) is 94.9 Å². The summed E-state index contributed by atoms with van der Waals surface area (Å²) in [5.41, 5.74) is 2.11. The lowest BCUT2D eigenvalue weighted by Crippen LogP contribution is -2.32. The quantitative estimate of drug-likeness (QED) is 0.191. The molecule has 0 radical (unpaired) electrons. The highest BCUT2D eigenvalue weighted by Gasteiger charge is 2.41. The maximum Gasteiger partial charge on any atom is 0.314 e. The fraction of sp³-hybridized carbons (Fsp3) is 0.500. The molecule has 2 fully saturated rings. The van der Waals surface area contributed by atoms with Gasteiger partial charge in [-0.1, -0.05) is 36.4 Å². The summed E-state index contributed by atoms with van der Waals surface area (Å²) in [6, 6.07) is 13.1. The molecule has 1 N–H and O–H groups in total. The number of fused-ring (bicyclic) bond motifs is 1. The summed E-state index contributed by atoms with van der Waals surface area (Å²) >= 11 is -1.85. The molecule has 2 aromatic carbocycles. The lowest BCUT2D eigenvalue weighted by Gasteiger charge is -2.28. The van der Waals surface area contributed by atoms with Crippen LogP contribution in [0.3, 0.4) is 0 Å². The zero-order valence-corrected chi connectivity index (χ0v) is 27.6. The number of benzene rings is 2. The Morgan fingerprint density at radius 3 is 2.02 bits per heavy atom. The monoisotopic (exact) mass is 655 g/mol. The molecule has 2 aromatic rings. The first kappa shape index (κ1) is 33.2. The predicted molar refractivity (Wildman–Crippen MR) is 175 cm³/mol. The Morgan fingerprint density at radius 2 is 1.44 bits per heavy atom. The zero-order chi connectivity index (χ0) is 32.4. The molecule has 242 valence electrons. The third-order valence-electron chi connectivity index (χ3n) is 9.43. The van der Waals surface area contributed by atoms with Crippen LogP contribution in [0.4, 0.5) is 5.69 Å². The summed E-state index contributed by atoms with van der Waals surface area (Å²) < 4.78 is 56.4. The first-order chi connectivity index (χ1) is 21.3. The van der Waals surface area contributed by atoms with Crippen LogP contribution in [0.15, 0.2) is 53.5 Å². The molecule has 11 heteroatoms. The summed E-state index contributed by atoms with van der Waals surface area (Å²) in [7, 11) is -3.16. The van der Waals surface area contributed by atoms with Crippen molar-refractivity contribution >= 4 is 50.3 Å². The van der Waals surface area contributed by atoms with E-state index in [-0.39, 0.29) is 23.6 Å². The Labute approximate surface area is 267 Å². The van der Waals surface area contributed by atoms with Crippen molar-refractivity contribution in [3.63, 3.8) is 0 Å². The SMILES string of the molecule is CC1(C)C(/C=C/c2ccccc2)=Nc2c(OC(=O)C3CCC(CS(=O)O)CC3)ccc(OC(=O)C3CCC(S(C)(=O)=O)CC3)c21. The first-order valence-corrected chi connectivity index (χ1v) is 18.8. The van der Waals surface area contributed by atoms with Gasteiger partial charge in [0, 0.05) is 17.2 Å². The van der Waals surface area contributed by atoms with Crippen molar-refractivity contribution in [2.45, 2.75) is 75.9 Å². The minimum absolute atomic E-state index is 0.115. The molecule has 1 unspecified atom stereocenters. The Bertz CT molecular complexity index is 1610. The molecule has 1 aliphatic heterocycles. The van der Waals surface area contributed by atoms with Crippen molar-refractivity contribution < 1.29 is 36.2 Å². The van der Waals surface area contributed by atoms with Crippen LogP contribution in [0.25, 0.3) is 6.08 Å². The molecule has 0 bridgehead atoms. The van der Waals surface area contributed by atoms with Gasteiger partial charge in [-0.3, -0.25) is 9.59 Å². The highest BCUT2D eigenvalue weighted by Crippen LogP contribution is 2.51. The highest BCUT2D eigenvalue weighted by molar-refractivity contribution is 7.91. The summed E-state index contributed by atoms with van der Waals surface area (Å²) in [5.74, 6) is -0.529. The van der Waals surface area contributed by atoms with Crippen molar-refractivity contribution in [1.29, 1.82) is 0 Å². The van der Waals surface area contributed by atoms with Crippen LogP contribution in [0.5, 0.6) is 11.5 Å². The van der Waals surface area contributed by atoms with Crippen molar-refractivity contribution in [3.05, 3.63) is 59.7 Å². The maximum absolute atomic E-state index is 13.3. The second-order valence-electron chi connectivity index (χ2n) is 13.0. The fourth-order valence-electron chi connectivity index (χ4n) is 6.69. The first-order valence-electron chi connectivity index (χ1n) is 15.5. The van der Waals surface area contributed by atoms with Crippen molar-refractivity contribution in [2.75, 3.05) is 12.0 Å². The number of carbonyl (C=O) groups is 2. The summed E-state index contributed by atoms with van der Waals surface area (Å²) in [5, 5.41) is -0.431. The molecule has 3 aliphatic rings. The molecule has 2 saturated carbocycles. The minimum Gasteiger partial charge on any atom is -0.426 e. The van der Waals surface area contributed by atoms with Gasteiger partial charge < -0.3 is 14.0 Å². The van der Waals surface area contributed by atoms with E-state index in [9.17, 15) is 26.8 Å². The van der Waals surface area contributed by atoms with Gasteiger partial charge in [0.05, 0.1) is 28.6 Å². The van der Waals surface area contributed by atoms with E-state index in [1.807, 2.05) is 56.3 Å². The number of esters is 2. The Morgan fingerprint density at radius 1 is 0.889 bits per heavy atom. The summed E-state index contributed by atoms with van der Waals surface area (Å²) in [6.45, 7) is 3.97. The number of sulfone groups is 1. The number of allylic oxidation sites excluding steroid dienone is 1. The molecule has 1 atom stereocenters. The molecule has 5 rings (SSSR count). The third kappa shape index (κ3) is 7.81. The average Bonchev–Trinajstić information content (AvgIpc) is 3.27. The fourth-order valence-corrected chi connectivity index (χ4v) is 8.55. The van der Waals surface area contributed by atoms with E-state index in [0.717, 1.165) is 5.56 Å². The summed E-state index contributed by atoms with van der Waals surface area (Å²) in [4.78, 5) is 31.6. The third-order valence-corrected chi connectivity index (χ3v) is 11.9. The smallest absolute Gasteiger partial charge is 0.314 e. The van der Waals surface area contributed by atoms with E-state index < -0.39 is 43.5 Å². The van der Waals surface area contributed by atoms with E-state index in [1.165, 1.54) is 6.26 Å². The predicted octanol–water partition coefficient (Wildman–Crippen LogP) is 6.21. The summed E-state index contributed by atoms with van der Waals surface area (Å²) in [6.07, 6.45) is 9.39. The van der Waals surface area contributed by atoms with Gasteiger partial charge in [-0.15, -0.1) is 0 Å². The minimum atomic E-state index is -3.16. The number of rotatable bonds is 9. The standard InChI is InChI=1S/C34H41NO8S2/c1-34(2)29(20-11-22-7-5-4-6-8-22)35-31-28(43-33(37)24-12-9-23(10-13-24)21-44(38)39)19-18-27(30(31)34)42-32(36)25-14-16-26(17-15-25)45(3,40)41/h4-8,11,18-20,23-26H,9-10,12-17,21H2,1-3H3,(H,38,39)/b20-11+. The van der Waals surface area contributed by atoms with Gasteiger partial charge in [0.25, 0.3) is 0 Å². The molecule has 45 heavy (non-hydrogen) atoms. The number of hydrogen-bond donors (Lipinski definition) is 1. The van der Waals surface area contributed by atoms with Crippen LogP contribution in [-0.4, -0.2) is 52.1 Å². The average molecular weight is 656 g/mol. The molecule has 0 amide bonds. The van der Waals surface area contributed by atoms with Crippen LogP contribution < -0.4 is 9.47 Å². The highest BCUT2D eigenvalue weighted by atomic mass is 32.2. The Balaban J connectivity index is 1.39. The van der Waals surface area contributed by atoms with Gasteiger partial charge in [0.2, 0.25) is 0 Å². The van der Waals surface area contributed by atoms with Crippen LogP contribution >= 0.6 is 0 Å². The second-order valence-corrected chi connectivity index (χ2v) is 16.3. The molecule has 0 saturated heterocycles. The molecular weight excluding hydrogens is 615 g/mol. The Hall–Kier alpha value is -3.15. The maximum atomic E-state index is 13.3. The lowest BCUT2D eigenvalue weighted by molar-refractivity contribution is -0.141. The second kappa shape index (κ2) is 13.7. The van der Waals surface area contributed by atoms with E-state index >= 15 is 0 Å². The number of hydrogen-bond acceptors (Lipinski definition) is 8. The largest absolute Gasteiger partial charge is 0.426 e. The van der Waals surface area contributed by atoms with Gasteiger partial charge in [-0.25, -0.2) is 17.6 Å². The zero-order valence-electron chi connectivity index (χ0n) is 25.9. The number of carbonyl (C=O) groups excluding carboxylic acids is 2. The Kier molecular flexibility index (Phi) is 10.1. The van der Waals surface area contributed by atoms with Crippen molar-refractivity contribution in [2.24, 2.45) is 22.7 Å². The molecule has 0 spiro atoms. The van der Waals surface area contributed by atoms with Crippen LogP contribution in [-0.2, 0) is 35.9 Å². The van der Waals surface area contributed by atoms with Gasteiger partial charge >= 0.3 is 11.9 Å². The van der Waals surface area contributed by atoms with Crippen LogP contribution in [0.1, 0.15) is 76.3 Å². The van der Waals surface area contributed by atoms with Crippen molar-refractivity contribution in [3.8, 4) is 11.5 Å². The number of aliphatic imine (C=N–C) groups is 1. The van der Waals surface area contributed by atoms with E-state index in [0.29, 0.717) is 79.8 Å². The van der Waals surface area contributed by atoms with Crippen LogP contribution in [0, 0.1) is 17.8 Å². The number of nitrogens with zero attached hydrogens (tertiary/aromatic N) is 1. The normalized spacial score (nSPS) is 25.3. The van der Waals surface area contributed by atoms with Crippen molar-refractivity contribution in [1.82, 2.24) is 0 Å².